The molecule has 1 atom stereocenters. The zero-order valence-corrected chi connectivity index (χ0v) is 12.6. The molecule has 0 aromatic heterocycles. The summed E-state index contributed by atoms with van der Waals surface area (Å²) >= 11 is -2.86. The summed E-state index contributed by atoms with van der Waals surface area (Å²) in [5.41, 5.74) is -0.0372. The van der Waals surface area contributed by atoms with Crippen molar-refractivity contribution in [3.05, 3.63) is 35.4 Å². The maximum Gasteiger partial charge on any atom is 1.00 e. The van der Waals surface area contributed by atoms with E-state index in [2.05, 4.69) is 0 Å². The standard InChI is InChI=1S/C8H6O4.K.H2O3S/c9-7(10)5-2-1-3-6(4-5)8(11)12;;1-4(2)3/h1-4H,(H,9,10)(H,11,12);;(H2,1,2,3)/q;+1;/p-1. The molecule has 7 nitrogen and oxygen atoms in total. The Bertz CT molecular complexity index is 387. The Labute approximate surface area is 141 Å². The normalized spacial score (nSPS) is 10.2. The van der Waals surface area contributed by atoms with Gasteiger partial charge in [0.25, 0.3) is 0 Å². The summed E-state index contributed by atoms with van der Waals surface area (Å²) in [6.45, 7) is 0. The Morgan fingerprint density at radius 2 is 1.41 bits per heavy atom. The molecule has 0 saturated heterocycles. The first kappa shape index (κ1) is 19.2. The topological polar surface area (TPSA) is 135 Å². The minimum absolute atomic E-state index is 0. The molecule has 0 amide bonds. The predicted molar refractivity (Wildman–Crippen MR) is 51.9 cm³/mol. The average Bonchev–Trinajstić information content (AvgIpc) is 2.17. The Hall–Kier alpha value is -0.134. The van der Waals surface area contributed by atoms with Crippen molar-refractivity contribution in [1.82, 2.24) is 0 Å². The van der Waals surface area contributed by atoms with Crippen LogP contribution in [0.25, 0.3) is 0 Å². The summed E-state index contributed by atoms with van der Waals surface area (Å²) in [4.78, 5) is 20.8. The maximum atomic E-state index is 10.4. The SMILES string of the molecule is O=C(O)c1cccc(C(=O)O)c1.O=S([O-])O.[K+]. The third kappa shape index (κ3) is 9.56. The van der Waals surface area contributed by atoms with Gasteiger partial charge in [0.15, 0.2) is 0 Å². The number of rotatable bonds is 2. The minimum atomic E-state index is -2.86. The number of benzene rings is 1. The molecule has 1 rings (SSSR count). The molecule has 0 spiro atoms. The Morgan fingerprint density at radius 1 is 1.12 bits per heavy atom. The van der Waals surface area contributed by atoms with E-state index in [-0.39, 0.29) is 62.5 Å². The molecule has 0 bridgehead atoms. The van der Waals surface area contributed by atoms with E-state index in [1.165, 1.54) is 18.2 Å². The van der Waals surface area contributed by atoms with Crippen LogP contribution in [-0.4, -0.2) is 35.5 Å². The van der Waals surface area contributed by atoms with Crippen LogP contribution >= 0.6 is 0 Å². The van der Waals surface area contributed by atoms with Gasteiger partial charge >= 0.3 is 63.3 Å². The summed E-state index contributed by atoms with van der Waals surface area (Å²) in [6.07, 6.45) is 0. The molecule has 0 aliphatic carbocycles. The third-order valence-electron chi connectivity index (χ3n) is 1.36. The van der Waals surface area contributed by atoms with Crippen molar-refractivity contribution in [2.24, 2.45) is 0 Å². The van der Waals surface area contributed by atoms with Crippen LogP contribution < -0.4 is 51.4 Å². The molecule has 0 aliphatic rings. The van der Waals surface area contributed by atoms with E-state index in [0.717, 1.165) is 6.07 Å². The fourth-order valence-electron chi connectivity index (χ4n) is 0.785. The molecule has 0 fully saturated rings. The van der Waals surface area contributed by atoms with Crippen molar-refractivity contribution in [1.29, 1.82) is 0 Å². The second-order valence-corrected chi connectivity index (χ2v) is 2.84. The van der Waals surface area contributed by atoms with Gasteiger partial charge in [-0.2, -0.15) is 0 Å². The van der Waals surface area contributed by atoms with Crippen LogP contribution in [0.1, 0.15) is 20.7 Å². The number of carboxylic acid groups (broad SMARTS) is 2. The van der Waals surface area contributed by atoms with Crippen LogP contribution in [0.4, 0.5) is 0 Å². The molecule has 0 heterocycles. The molecular weight excluding hydrogens is 279 g/mol. The van der Waals surface area contributed by atoms with Gasteiger partial charge in [-0.25, -0.2) is 13.8 Å². The molecule has 17 heavy (non-hydrogen) atoms. The van der Waals surface area contributed by atoms with Crippen molar-refractivity contribution in [3.63, 3.8) is 0 Å². The fraction of sp³-hybridized carbons (Fsp3) is 0. The molecule has 1 aromatic carbocycles. The number of carboxylic acids is 2. The van der Waals surface area contributed by atoms with Gasteiger partial charge in [-0.05, 0) is 18.2 Å². The smallest absolute Gasteiger partial charge is 0.750 e. The monoisotopic (exact) mass is 286 g/mol. The number of carbonyl (C=O) groups is 2. The van der Waals surface area contributed by atoms with Gasteiger partial charge in [-0.1, -0.05) is 6.07 Å². The first-order chi connectivity index (χ1) is 7.34. The Balaban J connectivity index is 0. The first-order valence-corrected chi connectivity index (χ1v) is 4.72. The van der Waals surface area contributed by atoms with E-state index in [1.54, 1.807) is 0 Å². The van der Waals surface area contributed by atoms with E-state index >= 15 is 0 Å². The molecule has 1 unspecified atom stereocenters. The summed E-state index contributed by atoms with van der Waals surface area (Å²) in [6, 6.07) is 5.20. The first-order valence-electron chi connectivity index (χ1n) is 3.69. The van der Waals surface area contributed by atoms with Crippen LogP contribution in [0.3, 0.4) is 0 Å². The van der Waals surface area contributed by atoms with Crippen molar-refractivity contribution < 1.29 is 84.5 Å². The van der Waals surface area contributed by atoms with Crippen LogP contribution in [0.5, 0.6) is 0 Å². The Morgan fingerprint density at radius 3 is 1.65 bits per heavy atom. The van der Waals surface area contributed by atoms with Crippen molar-refractivity contribution >= 4 is 23.3 Å². The van der Waals surface area contributed by atoms with Crippen LogP contribution in [0.15, 0.2) is 24.3 Å². The molecule has 88 valence electrons. The largest absolute Gasteiger partial charge is 1.00 e. The van der Waals surface area contributed by atoms with Crippen molar-refractivity contribution in [3.8, 4) is 0 Å². The van der Waals surface area contributed by atoms with Gasteiger partial charge in [0, 0.05) is 0 Å². The van der Waals surface area contributed by atoms with Gasteiger partial charge in [0.05, 0.1) is 22.5 Å². The second-order valence-electron chi connectivity index (χ2n) is 2.41. The van der Waals surface area contributed by atoms with E-state index in [9.17, 15) is 9.59 Å². The molecular formula is C8H7KO7S. The van der Waals surface area contributed by atoms with Crippen LogP contribution in [-0.2, 0) is 11.4 Å². The van der Waals surface area contributed by atoms with Gasteiger partial charge in [-0.3, -0.25) is 0 Å². The summed E-state index contributed by atoms with van der Waals surface area (Å²) < 4.78 is 24.1. The number of hydrogen-bond donors (Lipinski definition) is 3. The van der Waals surface area contributed by atoms with E-state index in [1.807, 2.05) is 0 Å². The summed E-state index contributed by atoms with van der Waals surface area (Å²) in [5, 5.41) is 17.0. The second kappa shape index (κ2) is 9.85. The van der Waals surface area contributed by atoms with Crippen molar-refractivity contribution in [2.45, 2.75) is 0 Å². The Kier molecular flexibility index (Phi) is 11.1. The molecule has 1 aromatic rings. The fourth-order valence-corrected chi connectivity index (χ4v) is 0.785. The average molecular weight is 286 g/mol. The molecule has 0 saturated carbocycles. The molecule has 3 N–H and O–H groups in total. The van der Waals surface area contributed by atoms with Gasteiger partial charge in [0.1, 0.15) is 0 Å². The van der Waals surface area contributed by atoms with E-state index in [0.29, 0.717) is 0 Å². The quantitative estimate of drug-likeness (QED) is 0.401. The zero-order valence-electron chi connectivity index (χ0n) is 8.69. The van der Waals surface area contributed by atoms with Gasteiger partial charge in [-0.15, -0.1) is 0 Å². The summed E-state index contributed by atoms with van der Waals surface area (Å²) in [7, 11) is 0. The molecule has 0 radical (unpaired) electrons. The van der Waals surface area contributed by atoms with E-state index in [4.69, 9.17) is 23.5 Å². The van der Waals surface area contributed by atoms with Gasteiger partial charge in [0.2, 0.25) is 0 Å². The maximum absolute atomic E-state index is 10.4. The number of aromatic carboxylic acids is 2. The van der Waals surface area contributed by atoms with Crippen LogP contribution in [0.2, 0.25) is 0 Å². The summed E-state index contributed by atoms with van der Waals surface area (Å²) in [5.74, 6) is -2.25. The van der Waals surface area contributed by atoms with E-state index < -0.39 is 23.3 Å². The minimum Gasteiger partial charge on any atom is -0.750 e. The van der Waals surface area contributed by atoms with Crippen LogP contribution in [0, 0.1) is 0 Å². The third-order valence-corrected chi connectivity index (χ3v) is 1.36. The van der Waals surface area contributed by atoms with Gasteiger partial charge < -0.3 is 19.3 Å². The van der Waals surface area contributed by atoms with Crippen molar-refractivity contribution in [2.75, 3.05) is 0 Å². The predicted octanol–water partition coefficient (Wildman–Crippen LogP) is -2.57. The molecule has 0 aliphatic heterocycles. The molecule has 9 heteroatoms. The number of hydrogen-bond acceptors (Lipinski definition) is 4. The zero-order chi connectivity index (χ0) is 12.7.